The van der Waals surface area contributed by atoms with E-state index in [2.05, 4.69) is 52.4 Å². The minimum Gasteiger partial charge on any atom is -0.495 e. The topological polar surface area (TPSA) is 86.7 Å². The Hall–Kier alpha value is -3.73. The zero-order valence-corrected chi connectivity index (χ0v) is 25.1. The number of carbonyl (C=O) groups is 1. The third-order valence-corrected chi connectivity index (χ3v) is 9.16. The summed E-state index contributed by atoms with van der Waals surface area (Å²) in [7, 11) is 3.76. The van der Waals surface area contributed by atoms with Crippen molar-refractivity contribution in [3.05, 3.63) is 74.7 Å². The number of amides is 2. The Morgan fingerprint density at radius 2 is 1.88 bits per heavy atom. The third-order valence-electron chi connectivity index (χ3n) is 7.85. The SMILES string of the molecule is COc1ccc(N2C(=O)N(c3c(C)csc3Cl)Cc3cnc(Nc4ccc(C5CCN(C)CC5)cc4C)nc32)nc1. The zero-order chi connectivity index (χ0) is 28.7. The zero-order valence-electron chi connectivity index (χ0n) is 23.5. The van der Waals surface area contributed by atoms with Crippen LogP contribution in [0.2, 0.25) is 4.34 Å². The van der Waals surface area contributed by atoms with Crippen molar-refractivity contribution in [2.45, 2.75) is 39.2 Å². The van der Waals surface area contributed by atoms with E-state index >= 15 is 0 Å². The van der Waals surface area contributed by atoms with E-state index in [0.29, 0.717) is 45.8 Å². The van der Waals surface area contributed by atoms with Crippen molar-refractivity contribution in [3.63, 3.8) is 0 Å². The highest BCUT2D eigenvalue weighted by atomic mass is 35.5. The predicted octanol–water partition coefficient (Wildman–Crippen LogP) is 7.04. The summed E-state index contributed by atoms with van der Waals surface area (Å²) >= 11 is 7.93. The van der Waals surface area contributed by atoms with Gasteiger partial charge in [0.25, 0.3) is 0 Å². The monoisotopic (exact) mass is 589 g/mol. The van der Waals surface area contributed by atoms with Crippen molar-refractivity contribution in [1.29, 1.82) is 0 Å². The van der Waals surface area contributed by atoms with Crippen molar-refractivity contribution in [1.82, 2.24) is 19.9 Å². The van der Waals surface area contributed by atoms with Gasteiger partial charge in [-0.3, -0.25) is 4.90 Å². The number of aryl methyl sites for hydroxylation is 2. The number of methoxy groups -OCH3 is 1. The molecule has 0 spiro atoms. The first-order chi connectivity index (χ1) is 19.8. The number of nitrogens with zero attached hydrogens (tertiary/aromatic N) is 6. The Morgan fingerprint density at radius 3 is 2.54 bits per heavy atom. The average Bonchev–Trinajstić information content (AvgIpc) is 3.31. The second kappa shape index (κ2) is 11.3. The molecule has 41 heavy (non-hydrogen) atoms. The number of nitrogens with one attached hydrogen (secondary N) is 1. The maximum atomic E-state index is 14.0. The van der Waals surface area contributed by atoms with Crippen LogP contribution in [0.4, 0.5) is 33.8 Å². The standard InChI is InChI=1S/C30H32ClN7O2S/c1-18-13-21(20-9-11-36(3)12-10-20)5-7-24(18)34-29-33-14-22-16-37(26-19(2)17-41-27(26)31)30(39)38(28(22)35-29)25-8-6-23(40-4)15-32-25/h5-8,13-15,17,20H,9-12,16H2,1-4H3,(H,33,34,35). The number of rotatable bonds is 6. The number of urea groups is 1. The first kappa shape index (κ1) is 27.4. The lowest BCUT2D eigenvalue weighted by Crippen LogP contribution is -2.46. The number of hydrogen-bond donors (Lipinski definition) is 1. The van der Waals surface area contributed by atoms with Crippen LogP contribution in [0.3, 0.4) is 0 Å². The van der Waals surface area contributed by atoms with E-state index < -0.39 is 0 Å². The minimum atomic E-state index is -0.290. The van der Waals surface area contributed by atoms with Crippen molar-refractivity contribution in [2.75, 3.05) is 42.4 Å². The van der Waals surface area contributed by atoms with Gasteiger partial charge in [0, 0.05) is 17.4 Å². The Morgan fingerprint density at radius 1 is 1.07 bits per heavy atom. The largest absolute Gasteiger partial charge is 0.495 e. The lowest BCUT2D eigenvalue weighted by atomic mass is 9.88. The Bertz CT molecular complexity index is 1560. The molecule has 0 bridgehead atoms. The molecule has 11 heteroatoms. The number of thiophene rings is 1. The number of ether oxygens (including phenoxy) is 1. The summed E-state index contributed by atoms with van der Waals surface area (Å²) in [6.07, 6.45) is 5.69. The quantitative estimate of drug-likeness (QED) is 0.258. The third kappa shape index (κ3) is 5.35. The van der Waals surface area contributed by atoms with Crippen LogP contribution >= 0.6 is 22.9 Å². The van der Waals surface area contributed by atoms with Crippen molar-refractivity contribution >= 4 is 57.9 Å². The first-order valence-corrected chi connectivity index (χ1v) is 14.9. The van der Waals surface area contributed by atoms with Crippen LogP contribution in [0.1, 0.15) is 41.0 Å². The van der Waals surface area contributed by atoms with Gasteiger partial charge >= 0.3 is 6.03 Å². The number of aromatic nitrogens is 3. The maximum Gasteiger partial charge on any atom is 0.336 e. The normalized spacial score (nSPS) is 16.2. The van der Waals surface area contributed by atoms with Crippen LogP contribution in [0.5, 0.6) is 5.75 Å². The summed E-state index contributed by atoms with van der Waals surface area (Å²) in [5, 5.41) is 5.32. The second-order valence-electron chi connectivity index (χ2n) is 10.6. The maximum absolute atomic E-state index is 14.0. The van der Waals surface area contributed by atoms with E-state index in [1.165, 1.54) is 34.6 Å². The van der Waals surface area contributed by atoms with E-state index in [9.17, 15) is 4.79 Å². The molecular formula is C30H32ClN7O2S. The minimum absolute atomic E-state index is 0.290. The number of piperidine rings is 1. The molecule has 2 aliphatic heterocycles. The van der Waals surface area contributed by atoms with Crippen LogP contribution in [-0.4, -0.2) is 53.1 Å². The van der Waals surface area contributed by atoms with Crippen molar-refractivity contribution in [3.8, 4) is 5.75 Å². The number of fused-ring (bicyclic) bond motifs is 1. The van der Waals surface area contributed by atoms with Gasteiger partial charge in [-0.2, -0.15) is 4.98 Å². The Balaban J connectivity index is 1.33. The molecule has 6 rings (SSSR count). The molecular weight excluding hydrogens is 558 g/mol. The average molecular weight is 590 g/mol. The highest BCUT2D eigenvalue weighted by Crippen LogP contribution is 2.42. The summed E-state index contributed by atoms with van der Waals surface area (Å²) in [5.74, 6) is 2.48. The van der Waals surface area contributed by atoms with Gasteiger partial charge in [0.15, 0.2) is 5.82 Å². The molecule has 0 atom stereocenters. The highest BCUT2D eigenvalue weighted by Gasteiger charge is 2.37. The van der Waals surface area contributed by atoms with E-state index in [4.69, 9.17) is 21.3 Å². The Labute approximate surface area is 248 Å². The van der Waals surface area contributed by atoms with Gasteiger partial charge in [-0.05, 0) is 93.0 Å². The fourth-order valence-corrected chi connectivity index (χ4v) is 6.65. The van der Waals surface area contributed by atoms with Gasteiger partial charge in [0.2, 0.25) is 5.95 Å². The molecule has 5 heterocycles. The molecule has 0 saturated carbocycles. The summed E-state index contributed by atoms with van der Waals surface area (Å²) in [4.78, 5) is 33.5. The number of anilines is 5. The van der Waals surface area contributed by atoms with Gasteiger partial charge in [-0.1, -0.05) is 23.7 Å². The number of carbonyl (C=O) groups excluding carboxylic acids is 1. The van der Waals surface area contributed by atoms with Gasteiger partial charge in [-0.25, -0.2) is 19.7 Å². The number of hydrogen-bond acceptors (Lipinski definition) is 8. The molecule has 2 amide bonds. The van der Waals surface area contributed by atoms with Crippen molar-refractivity contribution < 1.29 is 9.53 Å². The molecule has 4 aromatic rings. The van der Waals surface area contributed by atoms with E-state index in [-0.39, 0.29) is 6.03 Å². The molecule has 0 unspecified atom stereocenters. The number of likely N-dealkylation sites (tertiary alicyclic amines) is 1. The molecule has 1 N–H and O–H groups in total. The molecule has 3 aromatic heterocycles. The fraction of sp³-hybridized carbons (Fsp3) is 0.333. The van der Waals surface area contributed by atoms with Crippen LogP contribution in [-0.2, 0) is 6.54 Å². The lowest BCUT2D eigenvalue weighted by molar-refractivity contribution is 0.252. The molecule has 1 fully saturated rings. The summed E-state index contributed by atoms with van der Waals surface area (Å²) in [5.41, 5.74) is 5.83. The summed E-state index contributed by atoms with van der Waals surface area (Å²) < 4.78 is 5.84. The van der Waals surface area contributed by atoms with Gasteiger partial charge in [-0.15, -0.1) is 11.3 Å². The first-order valence-electron chi connectivity index (χ1n) is 13.6. The fourth-order valence-electron chi connectivity index (χ4n) is 5.49. The van der Waals surface area contributed by atoms with Crippen LogP contribution in [0.25, 0.3) is 0 Å². The van der Waals surface area contributed by atoms with Crippen LogP contribution in [0, 0.1) is 13.8 Å². The number of benzene rings is 1. The molecule has 9 nitrogen and oxygen atoms in total. The second-order valence-corrected chi connectivity index (χ2v) is 12.1. The molecule has 0 aliphatic carbocycles. The molecule has 2 aliphatic rings. The van der Waals surface area contributed by atoms with E-state index in [1.54, 1.807) is 36.5 Å². The smallest absolute Gasteiger partial charge is 0.336 e. The summed E-state index contributed by atoms with van der Waals surface area (Å²) in [6, 6.07) is 9.79. The lowest BCUT2D eigenvalue weighted by Gasteiger charge is -2.35. The number of halogens is 1. The predicted molar refractivity (Wildman–Crippen MR) is 165 cm³/mol. The van der Waals surface area contributed by atoms with Crippen molar-refractivity contribution in [2.24, 2.45) is 0 Å². The van der Waals surface area contributed by atoms with Gasteiger partial charge in [0.05, 0.1) is 25.5 Å². The van der Waals surface area contributed by atoms with Crippen LogP contribution < -0.4 is 19.9 Å². The summed E-state index contributed by atoms with van der Waals surface area (Å²) in [6.45, 7) is 6.59. The molecule has 0 radical (unpaired) electrons. The molecule has 1 aromatic carbocycles. The number of pyridine rings is 1. The van der Waals surface area contributed by atoms with Gasteiger partial charge in [0.1, 0.15) is 15.9 Å². The van der Waals surface area contributed by atoms with Crippen LogP contribution in [0.15, 0.2) is 48.1 Å². The molecule has 1 saturated heterocycles. The van der Waals surface area contributed by atoms with Gasteiger partial charge < -0.3 is 15.0 Å². The van der Waals surface area contributed by atoms with E-state index in [0.717, 1.165) is 35.5 Å². The molecule has 212 valence electrons. The Kier molecular flexibility index (Phi) is 7.54. The highest BCUT2D eigenvalue weighted by molar-refractivity contribution is 7.15. The van der Waals surface area contributed by atoms with E-state index in [1.807, 2.05) is 12.3 Å².